The van der Waals surface area contributed by atoms with Crippen LogP contribution in [0.2, 0.25) is 0 Å². The number of hydrogen-bond acceptors (Lipinski definition) is 1. The van der Waals surface area contributed by atoms with Crippen LogP contribution in [0.4, 0.5) is 13.2 Å². The summed E-state index contributed by atoms with van der Waals surface area (Å²) < 4.78 is 48.0. The number of benzene rings is 1. The van der Waals surface area contributed by atoms with E-state index in [0.29, 0.717) is 18.4 Å². The van der Waals surface area contributed by atoms with Crippen molar-refractivity contribution >= 4 is 6.08 Å². The Hall–Kier alpha value is -1.45. The van der Waals surface area contributed by atoms with Gasteiger partial charge in [0.15, 0.2) is 11.6 Å². The van der Waals surface area contributed by atoms with E-state index in [1.165, 1.54) is 51.0 Å². The molecule has 0 spiro atoms. The molecule has 1 aromatic rings. The molecule has 0 saturated heterocycles. The van der Waals surface area contributed by atoms with E-state index in [2.05, 4.69) is 13.8 Å². The van der Waals surface area contributed by atoms with Crippen molar-refractivity contribution in [2.45, 2.75) is 90.9 Å². The summed E-state index contributed by atoms with van der Waals surface area (Å²) in [6.45, 7) is 4.85. The van der Waals surface area contributed by atoms with Gasteiger partial charge < -0.3 is 4.74 Å². The summed E-state index contributed by atoms with van der Waals surface area (Å²) in [7, 11) is 0. The normalized spacial score (nSPS) is 27.2. The Labute approximate surface area is 186 Å². The van der Waals surface area contributed by atoms with Gasteiger partial charge in [-0.2, -0.15) is 0 Å². The number of halogens is 3. The summed E-state index contributed by atoms with van der Waals surface area (Å²) in [5.41, 5.74) is -0.248. The van der Waals surface area contributed by atoms with Crippen LogP contribution in [-0.4, -0.2) is 6.61 Å². The zero-order valence-electron chi connectivity index (χ0n) is 19.2. The molecule has 2 aliphatic rings. The Morgan fingerprint density at radius 3 is 2.19 bits per heavy atom. The molecule has 0 aromatic heterocycles. The molecule has 1 aromatic carbocycles. The van der Waals surface area contributed by atoms with Crippen LogP contribution in [0.15, 0.2) is 18.2 Å². The number of ether oxygens (including phenoxy) is 1. The molecular formula is C27H39F3O. The third-order valence-electron chi connectivity index (χ3n) is 7.55. The number of alkyl halides is 2. The number of rotatable bonds is 9. The maximum Gasteiger partial charge on any atom is 0.267 e. The molecule has 2 saturated carbocycles. The lowest BCUT2D eigenvalue weighted by Crippen LogP contribution is -2.20. The van der Waals surface area contributed by atoms with E-state index < -0.39 is 17.8 Å². The van der Waals surface area contributed by atoms with Gasteiger partial charge in [-0.05, 0) is 73.8 Å². The lowest BCUT2D eigenvalue weighted by atomic mass is 9.80. The zero-order chi connectivity index (χ0) is 22.2. The van der Waals surface area contributed by atoms with Gasteiger partial charge in [0.05, 0.1) is 12.2 Å². The molecule has 1 nitrogen and oxygen atoms in total. The summed E-state index contributed by atoms with van der Waals surface area (Å²) >= 11 is 0. The molecule has 4 heteroatoms. The Morgan fingerprint density at radius 1 is 0.935 bits per heavy atom. The zero-order valence-corrected chi connectivity index (χ0v) is 19.2. The van der Waals surface area contributed by atoms with Gasteiger partial charge in [-0.25, -0.2) is 13.2 Å². The lowest BCUT2D eigenvalue weighted by molar-refractivity contribution is 0.142. The van der Waals surface area contributed by atoms with E-state index in [1.54, 1.807) is 12.1 Å². The van der Waals surface area contributed by atoms with Gasteiger partial charge in [0, 0.05) is 0 Å². The van der Waals surface area contributed by atoms with E-state index in [-0.39, 0.29) is 11.3 Å². The van der Waals surface area contributed by atoms with Crippen LogP contribution in [0.25, 0.3) is 6.08 Å². The standard InChI is InChI=1S/C27H39F3O/c1-3-5-20-8-10-21(11-9-20)14-15-23-16-17-24(26(28)25(23)27(29)30)31-18-22-12-6-19(4-2)7-13-22/h14-17,19-22,27H,3-13,18H2,1-2H3. The fourth-order valence-electron chi connectivity index (χ4n) is 5.40. The number of hydrogen-bond donors (Lipinski definition) is 0. The van der Waals surface area contributed by atoms with Gasteiger partial charge >= 0.3 is 0 Å². The van der Waals surface area contributed by atoms with Crippen LogP contribution in [0.1, 0.15) is 102 Å². The molecule has 2 fully saturated rings. The first-order chi connectivity index (χ1) is 15.0. The predicted octanol–water partition coefficient (Wildman–Crippen LogP) is 8.98. The molecule has 31 heavy (non-hydrogen) atoms. The minimum Gasteiger partial charge on any atom is -0.490 e. The molecule has 0 bridgehead atoms. The van der Waals surface area contributed by atoms with Crippen LogP contribution < -0.4 is 4.74 Å². The molecule has 0 aliphatic heterocycles. The topological polar surface area (TPSA) is 9.23 Å². The van der Waals surface area contributed by atoms with Gasteiger partial charge in [-0.3, -0.25) is 0 Å². The SMILES string of the molecule is CCCC1CCC(C=Cc2ccc(OCC3CCC(CC)CC3)c(F)c2C(F)F)CC1. The molecule has 0 atom stereocenters. The molecule has 2 aliphatic carbocycles. The second kappa shape index (κ2) is 12.0. The first-order valence-corrected chi connectivity index (χ1v) is 12.4. The van der Waals surface area contributed by atoms with Crippen LogP contribution in [0.3, 0.4) is 0 Å². The summed E-state index contributed by atoms with van der Waals surface area (Å²) in [6, 6.07) is 3.11. The van der Waals surface area contributed by atoms with Crippen molar-refractivity contribution in [2.75, 3.05) is 6.61 Å². The van der Waals surface area contributed by atoms with E-state index in [4.69, 9.17) is 4.74 Å². The lowest BCUT2D eigenvalue weighted by Gasteiger charge is -2.27. The van der Waals surface area contributed by atoms with E-state index in [1.807, 2.05) is 6.08 Å². The summed E-state index contributed by atoms with van der Waals surface area (Å²) in [4.78, 5) is 0. The predicted molar refractivity (Wildman–Crippen MR) is 122 cm³/mol. The molecule has 0 radical (unpaired) electrons. The smallest absolute Gasteiger partial charge is 0.267 e. The first-order valence-electron chi connectivity index (χ1n) is 12.4. The maximum atomic E-state index is 14.9. The average Bonchev–Trinajstić information content (AvgIpc) is 2.78. The third kappa shape index (κ3) is 6.76. The van der Waals surface area contributed by atoms with Crippen LogP contribution >= 0.6 is 0 Å². The van der Waals surface area contributed by atoms with E-state index >= 15 is 0 Å². The summed E-state index contributed by atoms with van der Waals surface area (Å²) in [6.07, 6.45) is 13.6. The van der Waals surface area contributed by atoms with Crippen LogP contribution in [-0.2, 0) is 0 Å². The van der Waals surface area contributed by atoms with Gasteiger partial charge in [0.25, 0.3) is 6.43 Å². The monoisotopic (exact) mass is 436 g/mol. The summed E-state index contributed by atoms with van der Waals surface area (Å²) in [5, 5.41) is 0. The highest BCUT2D eigenvalue weighted by Gasteiger charge is 2.24. The highest BCUT2D eigenvalue weighted by molar-refractivity contribution is 5.57. The largest absolute Gasteiger partial charge is 0.490 e. The van der Waals surface area contributed by atoms with Crippen molar-refractivity contribution < 1.29 is 17.9 Å². The Bertz CT molecular complexity index is 699. The molecule has 3 rings (SSSR count). The van der Waals surface area contributed by atoms with Crippen molar-refractivity contribution in [3.63, 3.8) is 0 Å². The van der Waals surface area contributed by atoms with E-state index in [9.17, 15) is 13.2 Å². The van der Waals surface area contributed by atoms with E-state index in [0.717, 1.165) is 37.5 Å². The van der Waals surface area contributed by atoms with Gasteiger partial charge in [0.2, 0.25) is 0 Å². The molecule has 0 amide bonds. The van der Waals surface area contributed by atoms with Gasteiger partial charge in [-0.1, -0.05) is 64.2 Å². The highest BCUT2D eigenvalue weighted by Crippen LogP contribution is 2.36. The van der Waals surface area contributed by atoms with Gasteiger partial charge in [-0.15, -0.1) is 0 Å². The second-order valence-electron chi connectivity index (χ2n) is 9.72. The minimum absolute atomic E-state index is 0.0369. The van der Waals surface area contributed by atoms with Crippen LogP contribution in [0, 0.1) is 29.5 Å². The Morgan fingerprint density at radius 2 is 1.58 bits per heavy atom. The Kier molecular flexibility index (Phi) is 9.34. The molecular weight excluding hydrogens is 397 g/mol. The maximum absolute atomic E-state index is 14.9. The number of allylic oxidation sites excluding steroid dienone is 1. The first kappa shape index (κ1) is 24.2. The van der Waals surface area contributed by atoms with Crippen LogP contribution in [0.5, 0.6) is 5.75 Å². The van der Waals surface area contributed by atoms with Crippen molar-refractivity contribution in [2.24, 2.45) is 23.7 Å². The molecule has 0 heterocycles. The second-order valence-corrected chi connectivity index (χ2v) is 9.72. The fraction of sp³-hybridized carbons (Fsp3) is 0.704. The average molecular weight is 437 g/mol. The fourth-order valence-corrected chi connectivity index (χ4v) is 5.40. The molecule has 0 N–H and O–H groups in total. The summed E-state index contributed by atoms with van der Waals surface area (Å²) in [5.74, 6) is 1.44. The highest BCUT2D eigenvalue weighted by atomic mass is 19.3. The van der Waals surface area contributed by atoms with Crippen molar-refractivity contribution in [1.29, 1.82) is 0 Å². The van der Waals surface area contributed by atoms with Gasteiger partial charge in [0.1, 0.15) is 0 Å². The third-order valence-corrected chi connectivity index (χ3v) is 7.55. The van der Waals surface area contributed by atoms with Crippen molar-refractivity contribution in [3.8, 4) is 5.75 Å². The molecule has 174 valence electrons. The van der Waals surface area contributed by atoms with Crippen molar-refractivity contribution in [3.05, 3.63) is 35.2 Å². The van der Waals surface area contributed by atoms with Crippen molar-refractivity contribution in [1.82, 2.24) is 0 Å². The quantitative estimate of drug-likeness (QED) is 0.375. The Balaban J connectivity index is 1.61. The minimum atomic E-state index is -2.86. The molecule has 0 unspecified atom stereocenters.